The van der Waals surface area contributed by atoms with Crippen LogP contribution in [0.1, 0.15) is 13.8 Å². The molecule has 0 spiro atoms. The van der Waals surface area contributed by atoms with Gasteiger partial charge in [-0.2, -0.15) is 0 Å². The molecule has 30 heavy (non-hydrogen) atoms. The summed E-state index contributed by atoms with van der Waals surface area (Å²) in [5.41, 5.74) is 1.80. The largest absolute Gasteiger partial charge is 0.461 e. The first-order valence-electron chi connectivity index (χ1n) is 9.70. The normalized spacial score (nSPS) is 11.0. The summed E-state index contributed by atoms with van der Waals surface area (Å²) in [4.78, 5) is 14.9. The van der Waals surface area contributed by atoms with Gasteiger partial charge < -0.3 is 9.32 Å². The van der Waals surface area contributed by atoms with Crippen LogP contribution in [-0.2, 0) is 4.79 Å². The predicted octanol–water partition coefficient (Wildman–Crippen LogP) is 5.06. The molecule has 0 aliphatic rings. The Balaban J connectivity index is 1.61. The third-order valence-corrected chi connectivity index (χ3v) is 5.45. The molecule has 0 bridgehead atoms. The number of furan rings is 1. The number of aromatic nitrogens is 3. The fourth-order valence-electron chi connectivity index (χ4n) is 3.25. The van der Waals surface area contributed by atoms with Crippen LogP contribution in [0.2, 0.25) is 0 Å². The molecule has 4 rings (SSSR count). The molecular formula is C23H22N4O2S. The van der Waals surface area contributed by atoms with Gasteiger partial charge in [-0.3, -0.25) is 9.36 Å². The Morgan fingerprint density at radius 2 is 1.70 bits per heavy atom. The number of para-hydroxylation sites is 2. The van der Waals surface area contributed by atoms with Crippen LogP contribution in [0.15, 0.2) is 88.6 Å². The van der Waals surface area contributed by atoms with E-state index in [4.69, 9.17) is 4.42 Å². The number of hydrogen-bond acceptors (Lipinski definition) is 5. The number of amides is 1. The Morgan fingerprint density at radius 1 is 1.00 bits per heavy atom. The van der Waals surface area contributed by atoms with Crippen LogP contribution < -0.4 is 4.90 Å². The Hall–Kier alpha value is -3.32. The van der Waals surface area contributed by atoms with Crippen molar-refractivity contribution in [2.45, 2.75) is 25.0 Å². The Labute approximate surface area is 179 Å². The third kappa shape index (κ3) is 4.16. The van der Waals surface area contributed by atoms with Gasteiger partial charge in [0.2, 0.25) is 11.7 Å². The topological polar surface area (TPSA) is 64.2 Å². The van der Waals surface area contributed by atoms with Crippen LogP contribution in [0.5, 0.6) is 0 Å². The van der Waals surface area contributed by atoms with Gasteiger partial charge in [-0.1, -0.05) is 48.2 Å². The molecule has 0 aliphatic heterocycles. The van der Waals surface area contributed by atoms with Crippen molar-refractivity contribution in [3.63, 3.8) is 0 Å². The van der Waals surface area contributed by atoms with Crippen LogP contribution in [0, 0.1) is 0 Å². The van der Waals surface area contributed by atoms with E-state index in [1.807, 2.05) is 96.1 Å². The van der Waals surface area contributed by atoms with E-state index in [1.54, 1.807) is 6.26 Å². The van der Waals surface area contributed by atoms with E-state index in [9.17, 15) is 4.79 Å². The van der Waals surface area contributed by atoms with Crippen molar-refractivity contribution in [1.82, 2.24) is 14.8 Å². The summed E-state index contributed by atoms with van der Waals surface area (Å²) >= 11 is 1.36. The molecule has 2 heterocycles. The monoisotopic (exact) mass is 418 g/mol. The van der Waals surface area contributed by atoms with Crippen molar-refractivity contribution in [3.8, 4) is 17.3 Å². The Bertz CT molecular complexity index is 1090. The molecule has 0 fully saturated rings. The van der Waals surface area contributed by atoms with E-state index in [-0.39, 0.29) is 17.7 Å². The molecule has 7 heteroatoms. The van der Waals surface area contributed by atoms with E-state index < -0.39 is 0 Å². The second-order valence-electron chi connectivity index (χ2n) is 6.94. The van der Waals surface area contributed by atoms with Crippen LogP contribution in [0.3, 0.4) is 0 Å². The zero-order valence-corrected chi connectivity index (χ0v) is 17.6. The molecule has 0 saturated carbocycles. The lowest BCUT2D eigenvalue weighted by molar-refractivity contribution is -0.116. The van der Waals surface area contributed by atoms with E-state index in [0.29, 0.717) is 16.7 Å². The van der Waals surface area contributed by atoms with E-state index in [0.717, 1.165) is 11.4 Å². The van der Waals surface area contributed by atoms with Crippen LogP contribution in [-0.4, -0.2) is 32.5 Å². The number of rotatable bonds is 7. The Kier molecular flexibility index (Phi) is 5.99. The molecule has 2 aromatic heterocycles. The minimum absolute atomic E-state index is 0.0170. The van der Waals surface area contributed by atoms with Crippen molar-refractivity contribution < 1.29 is 9.21 Å². The predicted molar refractivity (Wildman–Crippen MR) is 119 cm³/mol. The molecule has 1 amide bonds. The van der Waals surface area contributed by atoms with Gasteiger partial charge >= 0.3 is 0 Å². The highest BCUT2D eigenvalue weighted by molar-refractivity contribution is 7.99. The number of thioether (sulfide) groups is 1. The quantitative estimate of drug-likeness (QED) is 0.393. The highest BCUT2D eigenvalue weighted by atomic mass is 32.2. The van der Waals surface area contributed by atoms with Gasteiger partial charge in [0, 0.05) is 17.4 Å². The van der Waals surface area contributed by atoms with Crippen molar-refractivity contribution in [2.24, 2.45) is 0 Å². The summed E-state index contributed by atoms with van der Waals surface area (Å²) in [6.45, 7) is 4.02. The first kappa shape index (κ1) is 20.0. The van der Waals surface area contributed by atoms with Crippen LogP contribution in [0.25, 0.3) is 17.3 Å². The van der Waals surface area contributed by atoms with Crippen molar-refractivity contribution >= 4 is 23.4 Å². The molecule has 0 aliphatic carbocycles. The smallest absolute Gasteiger partial charge is 0.237 e. The summed E-state index contributed by atoms with van der Waals surface area (Å²) in [7, 11) is 0. The lowest BCUT2D eigenvalue weighted by atomic mass is 10.2. The molecular weight excluding hydrogens is 396 g/mol. The number of carbonyl (C=O) groups excluding carboxylic acids is 1. The van der Waals surface area contributed by atoms with E-state index in [1.165, 1.54) is 11.8 Å². The number of anilines is 1. The average molecular weight is 419 g/mol. The van der Waals surface area contributed by atoms with Gasteiger partial charge in [0.05, 0.1) is 12.0 Å². The molecule has 0 atom stereocenters. The maximum Gasteiger partial charge on any atom is 0.237 e. The zero-order chi connectivity index (χ0) is 20.9. The first-order chi connectivity index (χ1) is 14.6. The maximum atomic E-state index is 13.1. The summed E-state index contributed by atoms with van der Waals surface area (Å²) in [6, 6.07) is 23.2. The number of benzene rings is 2. The lowest BCUT2D eigenvalue weighted by Crippen LogP contribution is -2.38. The van der Waals surface area contributed by atoms with Crippen molar-refractivity contribution in [1.29, 1.82) is 0 Å². The Morgan fingerprint density at radius 3 is 2.33 bits per heavy atom. The zero-order valence-electron chi connectivity index (χ0n) is 16.8. The molecule has 4 aromatic rings. The minimum Gasteiger partial charge on any atom is -0.461 e. The maximum absolute atomic E-state index is 13.1. The number of nitrogens with zero attached hydrogens (tertiary/aromatic N) is 4. The fourth-order valence-corrected chi connectivity index (χ4v) is 4.06. The van der Waals surface area contributed by atoms with Crippen molar-refractivity contribution in [2.75, 3.05) is 10.7 Å². The average Bonchev–Trinajstić information content (AvgIpc) is 3.43. The number of carbonyl (C=O) groups is 1. The van der Waals surface area contributed by atoms with Crippen LogP contribution >= 0.6 is 11.8 Å². The van der Waals surface area contributed by atoms with E-state index >= 15 is 0 Å². The summed E-state index contributed by atoms with van der Waals surface area (Å²) in [5.74, 6) is 1.49. The fraction of sp³-hybridized carbons (Fsp3) is 0.174. The molecule has 152 valence electrons. The standard InChI is InChI=1S/C23H22N4O2S/c1-17(2)26(18-10-5-3-6-11-18)21(28)16-30-23-25-24-22(20-14-9-15-29-20)27(23)19-12-7-4-8-13-19/h3-15,17H,16H2,1-2H3. The highest BCUT2D eigenvalue weighted by Crippen LogP contribution is 2.29. The third-order valence-electron chi connectivity index (χ3n) is 4.53. The summed E-state index contributed by atoms with van der Waals surface area (Å²) in [5, 5.41) is 9.30. The van der Waals surface area contributed by atoms with E-state index in [2.05, 4.69) is 10.2 Å². The molecule has 0 radical (unpaired) electrons. The lowest BCUT2D eigenvalue weighted by Gasteiger charge is -2.26. The molecule has 0 unspecified atom stereocenters. The minimum atomic E-state index is 0.0170. The highest BCUT2D eigenvalue weighted by Gasteiger charge is 2.22. The second-order valence-corrected chi connectivity index (χ2v) is 7.88. The van der Waals surface area contributed by atoms with Gasteiger partial charge in [-0.05, 0) is 50.2 Å². The van der Waals surface area contributed by atoms with Crippen molar-refractivity contribution in [3.05, 3.63) is 79.1 Å². The van der Waals surface area contributed by atoms with Gasteiger partial charge in [-0.15, -0.1) is 10.2 Å². The summed E-state index contributed by atoms with van der Waals surface area (Å²) in [6.07, 6.45) is 1.61. The molecule has 2 aromatic carbocycles. The SMILES string of the molecule is CC(C)N(C(=O)CSc1nnc(-c2ccco2)n1-c1ccccc1)c1ccccc1. The number of hydrogen-bond donors (Lipinski definition) is 0. The van der Waals surface area contributed by atoms with Gasteiger partial charge in [0.25, 0.3) is 0 Å². The van der Waals surface area contributed by atoms with Gasteiger partial charge in [-0.25, -0.2) is 0 Å². The van der Waals surface area contributed by atoms with Crippen LogP contribution in [0.4, 0.5) is 5.69 Å². The van der Waals surface area contributed by atoms with Gasteiger partial charge in [0.1, 0.15) is 0 Å². The molecule has 0 saturated heterocycles. The molecule has 0 N–H and O–H groups in total. The second kappa shape index (κ2) is 9.00. The summed E-state index contributed by atoms with van der Waals surface area (Å²) < 4.78 is 7.46. The molecule has 6 nitrogen and oxygen atoms in total. The first-order valence-corrected chi connectivity index (χ1v) is 10.7. The van der Waals surface area contributed by atoms with Gasteiger partial charge in [0.15, 0.2) is 10.9 Å².